The van der Waals surface area contributed by atoms with Crippen LogP contribution in [0, 0.1) is 11.2 Å². The molecule has 0 fully saturated rings. The molecule has 0 aliphatic heterocycles. The number of halogens is 2. The lowest BCUT2D eigenvalue weighted by Crippen LogP contribution is -2.34. The van der Waals surface area contributed by atoms with Crippen molar-refractivity contribution in [3.05, 3.63) is 34.1 Å². The Morgan fingerprint density at radius 3 is 2.68 bits per heavy atom. The summed E-state index contributed by atoms with van der Waals surface area (Å²) in [6, 6.07) is 5.10. The number of hydrogen-bond acceptors (Lipinski definition) is 2. The highest BCUT2D eigenvalue weighted by Crippen LogP contribution is 2.27. The summed E-state index contributed by atoms with van der Waals surface area (Å²) in [6.45, 7) is 6.86. The predicted octanol–water partition coefficient (Wildman–Crippen LogP) is 3.78. The van der Waals surface area contributed by atoms with Crippen LogP contribution in [0.1, 0.15) is 25.8 Å². The average molecular weight is 332 g/mol. The molecule has 0 bridgehead atoms. The summed E-state index contributed by atoms with van der Waals surface area (Å²) < 4.78 is 19.2. The van der Waals surface area contributed by atoms with E-state index in [2.05, 4.69) is 35.1 Å². The van der Waals surface area contributed by atoms with Crippen LogP contribution in [-0.2, 0) is 11.2 Å². The van der Waals surface area contributed by atoms with Gasteiger partial charge < -0.3 is 10.1 Å². The van der Waals surface area contributed by atoms with Crippen molar-refractivity contribution < 1.29 is 9.13 Å². The summed E-state index contributed by atoms with van der Waals surface area (Å²) in [5, 5.41) is 3.40. The van der Waals surface area contributed by atoms with E-state index in [0.29, 0.717) is 6.61 Å². The van der Waals surface area contributed by atoms with Crippen LogP contribution < -0.4 is 5.32 Å². The smallest absolute Gasteiger partial charge is 0.124 e. The molecule has 4 heteroatoms. The lowest BCUT2D eigenvalue weighted by Gasteiger charge is -2.29. The van der Waals surface area contributed by atoms with Gasteiger partial charge in [-0.3, -0.25) is 0 Å². The van der Waals surface area contributed by atoms with Crippen LogP contribution in [0.2, 0.25) is 0 Å². The van der Waals surface area contributed by atoms with E-state index in [1.807, 2.05) is 6.07 Å². The van der Waals surface area contributed by atoms with Crippen molar-refractivity contribution in [3.8, 4) is 0 Å². The molecule has 1 aromatic rings. The van der Waals surface area contributed by atoms with E-state index in [4.69, 9.17) is 4.74 Å². The van der Waals surface area contributed by atoms with Gasteiger partial charge in [0.05, 0.1) is 6.61 Å². The molecule has 1 N–H and O–H groups in total. The molecular weight excluding hydrogens is 309 g/mol. The first-order valence-electron chi connectivity index (χ1n) is 6.64. The topological polar surface area (TPSA) is 21.3 Å². The van der Waals surface area contributed by atoms with Gasteiger partial charge in [0.1, 0.15) is 5.82 Å². The predicted molar refractivity (Wildman–Crippen MR) is 80.9 cm³/mol. The SMILES string of the molecule is CCC(C)(CNCCOC)Cc1cc(F)cc(Br)c1. The normalized spacial score (nSPS) is 14.4. The zero-order chi connectivity index (χ0) is 14.3. The van der Waals surface area contributed by atoms with Gasteiger partial charge >= 0.3 is 0 Å². The first kappa shape index (κ1) is 16.6. The Morgan fingerprint density at radius 1 is 1.37 bits per heavy atom. The van der Waals surface area contributed by atoms with Crippen LogP contribution in [0.4, 0.5) is 4.39 Å². The molecule has 0 saturated carbocycles. The van der Waals surface area contributed by atoms with Crippen LogP contribution in [-0.4, -0.2) is 26.8 Å². The van der Waals surface area contributed by atoms with Crippen molar-refractivity contribution in [2.45, 2.75) is 26.7 Å². The second-order valence-corrected chi connectivity index (χ2v) is 6.20. The number of nitrogens with one attached hydrogen (secondary N) is 1. The molecule has 0 aromatic heterocycles. The summed E-state index contributed by atoms with van der Waals surface area (Å²) in [7, 11) is 1.70. The molecule has 1 aromatic carbocycles. The summed E-state index contributed by atoms with van der Waals surface area (Å²) >= 11 is 3.34. The minimum atomic E-state index is -0.185. The molecule has 1 rings (SSSR count). The van der Waals surface area contributed by atoms with E-state index in [9.17, 15) is 4.39 Å². The van der Waals surface area contributed by atoms with Crippen LogP contribution in [0.5, 0.6) is 0 Å². The van der Waals surface area contributed by atoms with E-state index in [1.165, 1.54) is 6.07 Å². The van der Waals surface area contributed by atoms with Crippen molar-refractivity contribution in [2.24, 2.45) is 5.41 Å². The highest BCUT2D eigenvalue weighted by atomic mass is 79.9. The van der Waals surface area contributed by atoms with Gasteiger partial charge in [-0.15, -0.1) is 0 Å². The van der Waals surface area contributed by atoms with Gasteiger partial charge in [0.25, 0.3) is 0 Å². The van der Waals surface area contributed by atoms with Crippen molar-refractivity contribution in [3.63, 3.8) is 0 Å². The second kappa shape index (κ2) is 7.98. The van der Waals surface area contributed by atoms with E-state index in [-0.39, 0.29) is 11.2 Å². The number of hydrogen-bond donors (Lipinski definition) is 1. The minimum Gasteiger partial charge on any atom is -0.383 e. The maximum Gasteiger partial charge on any atom is 0.124 e. The third-order valence-corrected chi connectivity index (χ3v) is 3.90. The zero-order valence-electron chi connectivity index (χ0n) is 11.9. The van der Waals surface area contributed by atoms with Gasteiger partial charge in [0.15, 0.2) is 0 Å². The molecule has 0 saturated heterocycles. The summed E-state index contributed by atoms with van der Waals surface area (Å²) in [5.74, 6) is -0.185. The maximum absolute atomic E-state index is 13.4. The fraction of sp³-hybridized carbons (Fsp3) is 0.600. The highest BCUT2D eigenvalue weighted by molar-refractivity contribution is 9.10. The highest BCUT2D eigenvalue weighted by Gasteiger charge is 2.22. The van der Waals surface area contributed by atoms with Gasteiger partial charge in [-0.25, -0.2) is 4.39 Å². The zero-order valence-corrected chi connectivity index (χ0v) is 13.5. The van der Waals surface area contributed by atoms with Crippen molar-refractivity contribution >= 4 is 15.9 Å². The van der Waals surface area contributed by atoms with E-state index in [0.717, 1.165) is 36.0 Å². The lowest BCUT2D eigenvalue weighted by atomic mass is 9.81. The maximum atomic E-state index is 13.4. The van der Waals surface area contributed by atoms with Gasteiger partial charge in [-0.2, -0.15) is 0 Å². The minimum absolute atomic E-state index is 0.126. The Balaban J connectivity index is 2.63. The van der Waals surface area contributed by atoms with Gasteiger partial charge in [0, 0.05) is 24.7 Å². The van der Waals surface area contributed by atoms with E-state index in [1.54, 1.807) is 13.2 Å². The summed E-state index contributed by atoms with van der Waals surface area (Å²) in [5.41, 5.74) is 1.16. The molecule has 0 spiro atoms. The van der Waals surface area contributed by atoms with Crippen molar-refractivity contribution in [2.75, 3.05) is 26.8 Å². The van der Waals surface area contributed by atoms with Crippen molar-refractivity contribution in [1.29, 1.82) is 0 Å². The largest absolute Gasteiger partial charge is 0.383 e. The third-order valence-electron chi connectivity index (χ3n) is 3.44. The molecule has 19 heavy (non-hydrogen) atoms. The number of methoxy groups -OCH3 is 1. The van der Waals surface area contributed by atoms with Gasteiger partial charge in [0.2, 0.25) is 0 Å². The fourth-order valence-electron chi connectivity index (χ4n) is 2.08. The Kier molecular flexibility index (Phi) is 6.97. The Bertz CT molecular complexity index is 379. The van der Waals surface area contributed by atoms with Crippen LogP contribution in [0.15, 0.2) is 22.7 Å². The van der Waals surface area contributed by atoms with Gasteiger partial charge in [-0.1, -0.05) is 29.8 Å². The molecule has 1 unspecified atom stereocenters. The molecule has 0 aliphatic carbocycles. The van der Waals surface area contributed by atoms with Crippen LogP contribution in [0.3, 0.4) is 0 Å². The lowest BCUT2D eigenvalue weighted by molar-refractivity contribution is 0.191. The number of rotatable bonds is 8. The molecule has 2 nitrogen and oxygen atoms in total. The molecule has 0 aliphatic rings. The summed E-state index contributed by atoms with van der Waals surface area (Å²) in [4.78, 5) is 0. The van der Waals surface area contributed by atoms with Gasteiger partial charge in [-0.05, 0) is 42.0 Å². The first-order chi connectivity index (χ1) is 8.99. The van der Waals surface area contributed by atoms with Crippen LogP contribution >= 0.6 is 15.9 Å². The fourth-order valence-corrected chi connectivity index (χ4v) is 2.60. The Labute approximate surface area is 123 Å². The monoisotopic (exact) mass is 331 g/mol. The molecule has 0 amide bonds. The summed E-state index contributed by atoms with van der Waals surface area (Å²) in [6.07, 6.45) is 1.90. The van der Waals surface area contributed by atoms with Crippen LogP contribution in [0.25, 0.3) is 0 Å². The molecule has 108 valence electrons. The second-order valence-electron chi connectivity index (χ2n) is 5.29. The third kappa shape index (κ3) is 6.02. The molecule has 0 radical (unpaired) electrons. The number of ether oxygens (including phenoxy) is 1. The quantitative estimate of drug-likeness (QED) is 0.732. The molecule has 0 heterocycles. The van der Waals surface area contributed by atoms with Crippen molar-refractivity contribution in [1.82, 2.24) is 5.32 Å². The molecule has 1 atom stereocenters. The Hall–Kier alpha value is -0.450. The number of benzene rings is 1. The van der Waals surface area contributed by atoms with E-state index < -0.39 is 0 Å². The molecular formula is C15H23BrFNO. The average Bonchev–Trinajstić information content (AvgIpc) is 2.33. The standard InChI is InChI=1S/C15H23BrFNO/c1-4-15(2,11-18-5-6-19-3)10-12-7-13(16)9-14(17)8-12/h7-9,18H,4-6,10-11H2,1-3H3. The van der Waals surface area contributed by atoms with E-state index >= 15 is 0 Å². The first-order valence-corrected chi connectivity index (χ1v) is 7.43. The Morgan fingerprint density at radius 2 is 2.11 bits per heavy atom.